The highest BCUT2D eigenvalue weighted by atomic mass is 79.9. The number of benzene rings is 1. The first-order valence-corrected chi connectivity index (χ1v) is 6.88. The van der Waals surface area contributed by atoms with Crippen LogP contribution in [-0.2, 0) is 17.8 Å². The van der Waals surface area contributed by atoms with Gasteiger partial charge in [0.15, 0.2) is 5.82 Å². The van der Waals surface area contributed by atoms with Crippen molar-refractivity contribution in [2.75, 3.05) is 12.0 Å². The van der Waals surface area contributed by atoms with Crippen molar-refractivity contribution in [2.45, 2.75) is 13.0 Å². The number of fused-ring (bicyclic) bond motifs is 1. The van der Waals surface area contributed by atoms with Gasteiger partial charge in [0.2, 0.25) is 0 Å². The monoisotopic (exact) mass is 338 g/mol. The van der Waals surface area contributed by atoms with Gasteiger partial charge in [-0.15, -0.1) is 0 Å². The molecule has 0 spiro atoms. The highest BCUT2D eigenvalue weighted by Gasteiger charge is 2.19. The van der Waals surface area contributed by atoms with Gasteiger partial charge in [-0.05, 0) is 34.1 Å². The van der Waals surface area contributed by atoms with Crippen LogP contribution in [0.5, 0.6) is 0 Å². The molecule has 0 unspecified atom stereocenters. The Morgan fingerprint density at radius 1 is 1.35 bits per heavy atom. The van der Waals surface area contributed by atoms with E-state index in [1.165, 1.54) is 12.1 Å². The van der Waals surface area contributed by atoms with E-state index in [1.807, 2.05) is 0 Å². The summed E-state index contributed by atoms with van der Waals surface area (Å²) in [6.07, 6.45) is 0.707. The lowest BCUT2D eigenvalue weighted by molar-refractivity contribution is 0.109. The topological polar surface area (TPSA) is 73.1 Å². The van der Waals surface area contributed by atoms with Gasteiger partial charge in [0, 0.05) is 22.0 Å². The third kappa shape index (κ3) is 2.39. The molecule has 7 heteroatoms. The van der Waals surface area contributed by atoms with Crippen LogP contribution in [0, 0.1) is 5.82 Å². The summed E-state index contributed by atoms with van der Waals surface area (Å²) < 4.78 is 19.2. The summed E-state index contributed by atoms with van der Waals surface area (Å²) in [6, 6.07) is 4.40. The summed E-state index contributed by atoms with van der Waals surface area (Å²) in [5.74, 6) is 6.25. The smallest absolute Gasteiger partial charge is 0.162 e. The summed E-state index contributed by atoms with van der Waals surface area (Å²) >= 11 is 3.33. The van der Waals surface area contributed by atoms with Crippen molar-refractivity contribution in [3.63, 3.8) is 0 Å². The van der Waals surface area contributed by atoms with Gasteiger partial charge in [0.1, 0.15) is 11.6 Å². The molecule has 0 aliphatic carbocycles. The fourth-order valence-electron chi connectivity index (χ4n) is 2.14. The number of nitrogens with two attached hydrogens (primary N) is 1. The number of hydrazine groups is 1. The van der Waals surface area contributed by atoms with Gasteiger partial charge in [-0.25, -0.2) is 20.2 Å². The summed E-state index contributed by atoms with van der Waals surface area (Å²) in [6.45, 7) is 1.07. The second-order valence-corrected chi connectivity index (χ2v) is 5.25. The quantitative estimate of drug-likeness (QED) is 0.649. The van der Waals surface area contributed by atoms with Crippen LogP contribution in [0.1, 0.15) is 11.3 Å². The second kappa shape index (κ2) is 5.43. The van der Waals surface area contributed by atoms with Crippen LogP contribution >= 0.6 is 15.9 Å². The molecule has 2 aromatic rings. The Morgan fingerprint density at radius 2 is 2.20 bits per heavy atom. The van der Waals surface area contributed by atoms with Crippen molar-refractivity contribution >= 4 is 21.7 Å². The Hall–Kier alpha value is -1.57. The van der Waals surface area contributed by atoms with Crippen LogP contribution in [0.2, 0.25) is 0 Å². The zero-order valence-corrected chi connectivity index (χ0v) is 12.1. The number of anilines is 1. The van der Waals surface area contributed by atoms with Gasteiger partial charge in [-0.1, -0.05) is 0 Å². The molecule has 0 radical (unpaired) electrons. The number of hydrogen-bond acceptors (Lipinski definition) is 5. The van der Waals surface area contributed by atoms with Crippen molar-refractivity contribution in [2.24, 2.45) is 5.84 Å². The Bertz CT molecular complexity index is 648. The van der Waals surface area contributed by atoms with E-state index in [9.17, 15) is 4.39 Å². The van der Waals surface area contributed by atoms with Crippen LogP contribution < -0.4 is 11.3 Å². The molecule has 3 rings (SSSR count). The average molecular weight is 339 g/mol. The molecule has 2 heterocycles. The van der Waals surface area contributed by atoms with Gasteiger partial charge < -0.3 is 10.2 Å². The van der Waals surface area contributed by atoms with Crippen molar-refractivity contribution in [3.05, 3.63) is 39.7 Å². The zero-order valence-electron chi connectivity index (χ0n) is 10.5. The zero-order chi connectivity index (χ0) is 14.1. The van der Waals surface area contributed by atoms with Gasteiger partial charge in [0.05, 0.1) is 18.9 Å². The number of nitrogen functional groups attached to an aromatic ring is 1. The van der Waals surface area contributed by atoms with Crippen LogP contribution in [0.4, 0.5) is 10.2 Å². The number of ether oxygens (including phenoxy) is 1. The van der Waals surface area contributed by atoms with Crippen molar-refractivity contribution in [1.29, 1.82) is 0 Å². The predicted molar refractivity (Wildman–Crippen MR) is 76.3 cm³/mol. The minimum atomic E-state index is -0.316. The number of hydrogen-bond donors (Lipinski definition) is 2. The van der Waals surface area contributed by atoms with E-state index >= 15 is 0 Å². The second-order valence-electron chi connectivity index (χ2n) is 4.39. The van der Waals surface area contributed by atoms with E-state index in [-0.39, 0.29) is 5.82 Å². The Labute approximate surface area is 123 Å². The Morgan fingerprint density at radius 3 is 2.95 bits per heavy atom. The Balaban J connectivity index is 2.14. The number of rotatable bonds is 2. The van der Waals surface area contributed by atoms with Crippen LogP contribution in [0.15, 0.2) is 22.7 Å². The van der Waals surface area contributed by atoms with E-state index in [2.05, 4.69) is 31.3 Å². The first kappa shape index (κ1) is 13.4. The van der Waals surface area contributed by atoms with E-state index in [4.69, 9.17) is 10.6 Å². The largest absolute Gasteiger partial charge is 0.376 e. The van der Waals surface area contributed by atoms with E-state index in [0.29, 0.717) is 35.7 Å². The first-order valence-electron chi connectivity index (χ1n) is 6.08. The molecule has 0 atom stereocenters. The van der Waals surface area contributed by atoms with Crippen molar-refractivity contribution in [3.8, 4) is 11.4 Å². The number of halogens is 2. The molecule has 20 heavy (non-hydrogen) atoms. The highest BCUT2D eigenvalue weighted by Crippen LogP contribution is 2.30. The Kier molecular flexibility index (Phi) is 3.64. The fourth-order valence-corrected chi connectivity index (χ4v) is 2.67. The fraction of sp³-hybridized carbons (Fsp3) is 0.231. The maximum absolute atomic E-state index is 13.2. The lowest BCUT2D eigenvalue weighted by atomic mass is 10.1. The summed E-state index contributed by atoms with van der Waals surface area (Å²) in [7, 11) is 0. The molecule has 1 aromatic heterocycles. The van der Waals surface area contributed by atoms with Gasteiger partial charge >= 0.3 is 0 Å². The summed E-state index contributed by atoms with van der Waals surface area (Å²) in [5, 5.41) is 0. The number of nitrogens with one attached hydrogen (secondary N) is 1. The molecule has 0 saturated heterocycles. The third-order valence-corrected chi connectivity index (χ3v) is 3.79. The molecule has 0 saturated carbocycles. The molecular weight excluding hydrogens is 327 g/mol. The molecule has 5 nitrogen and oxygen atoms in total. The minimum absolute atomic E-state index is 0.316. The maximum Gasteiger partial charge on any atom is 0.162 e. The molecule has 1 aliphatic rings. The van der Waals surface area contributed by atoms with Gasteiger partial charge in [-0.3, -0.25) is 0 Å². The molecule has 1 aromatic carbocycles. The van der Waals surface area contributed by atoms with Gasteiger partial charge in [-0.2, -0.15) is 0 Å². The lowest BCUT2D eigenvalue weighted by Crippen LogP contribution is -2.19. The first-order chi connectivity index (χ1) is 9.69. The minimum Gasteiger partial charge on any atom is -0.376 e. The predicted octanol–water partition coefficient (Wildman–Crippen LogP) is 2.40. The molecule has 0 amide bonds. The van der Waals surface area contributed by atoms with Crippen LogP contribution in [-0.4, -0.2) is 16.6 Å². The number of nitrogens with zero attached hydrogens (tertiary/aromatic N) is 2. The molecule has 3 N–H and O–H groups in total. The highest BCUT2D eigenvalue weighted by molar-refractivity contribution is 9.10. The molecule has 1 aliphatic heterocycles. The van der Waals surface area contributed by atoms with Crippen molar-refractivity contribution in [1.82, 2.24) is 9.97 Å². The van der Waals surface area contributed by atoms with Crippen molar-refractivity contribution < 1.29 is 9.13 Å². The molecular formula is C13H12BrFN4O. The average Bonchev–Trinajstić information content (AvgIpc) is 2.46. The molecule has 0 bridgehead atoms. The van der Waals surface area contributed by atoms with Crippen LogP contribution in [0.3, 0.4) is 0 Å². The third-order valence-electron chi connectivity index (χ3n) is 3.13. The van der Waals surface area contributed by atoms with E-state index < -0.39 is 0 Å². The SMILES string of the molecule is NNc1nc(-c2ccc(F)cc2Br)nc2c1COCC2. The summed E-state index contributed by atoms with van der Waals surface area (Å²) in [5.41, 5.74) is 5.08. The lowest BCUT2D eigenvalue weighted by Gasteiger charge is -2.19. The number of aromatic nitrogens is 2. The summed E-state index contributed by atoms with van der Waals surface area (Å²) in [4.78, 5) is 8.93. The normalized spacial score (nSPS) is 13.9. The molecule has 0 fully saturated rings. The molecule has 104 valence electrons. The van der Waals surface area contributed by atoms with Crippen LogP contribution in [0.25, 0.3) is 11.4 Å². The maximum atomic E-state index is 13.2. The van der Waals surface area contributed by atoms with E-state index in [1.54, 1.807) is 6.07 Å². The van der Waals surface area contributed by atoms with E-state index in [0.717, 1.165) is 16.8 Å². The van der Waals surface area contributed by atoms with Gasteiger partial charge in [0.25, 0.3) is 0 Å². The standard InChI is InChI=1S/C13H12BrFN4O/c14-10-5-7(15)1-2-8(10)12-17-11-3-4-20-6-9(11)13(18-12)19-16/h1-2,5H,3-4,6,16H2,(H,17,18,19).